The van der Waals surface area contributed by atoms with E-state index >= 15 is 0 Å². The van der Waals surface area contributed by atoms with E-state index in [1.54, 1.807) is 23.9 Å². The van der Waals surface area contributed by atoms with E-state index in [0.717, 1.165) is 29.3 Å². The summed E-state index contributed by atoms with van der Waals surface area (Å²) in [6, 6.07) is 11.5. The van der Waals surface area contributed by atoms with Crippen LogP contribution in [-0.4, -0.2) is 18.2 Å². The fourth-order valence-electron chi connectivity index (χ4n) is 2.07. The van der Waals surface area contributed by atoms with E-state index in [9.17, 15) is 4.79 Å². The zero-order valence-corrected chi connectivity index (χ0v) is 10.7. The van der Waals surface area contributed by atoms with E-state index in [2.05, 4.69) is 6.07 Å². The Morgan fingerprint density at radius 2 is 2.11 bits per heavy atom. The Balaban J connectivity index is 1.99. The fraction of sp³-hybridized carbons (Fsp3) is 0.214. The summed E-state index contributed by atoms with van der Waals surface area (Å²) in [5, 5.41) is 0. The summed E-state index contributed by atoms with van der Waals surface area (Å²) in [7, 11) is 0. The molecule has 0 unspecified atom stereocenters. The van der Waals surface area contributed by atoms with Gasteiger partial charge in [-0.25, -0.2) is 0 Å². The van der Waals surface area contributed by atoms with Crippen molar-refractivity contribution in [3.63, 3.8) is 0 Å². The first kappa shape index (κ1) is 11.4. The van der Waals surface area contributed by atoms with Gasteiger partial charge in [-0.1, -0.05) is 12.1 Å². The van der Waals surface area contributed by atoms with Crippen molar-refractivity contribution in [1.82, 2.24) is 0 Å². The summed E-state index contributed by atoms with van der Waals surface area (Å²) in [6.45, 7) is 0.740. The van der Waals surface area contributed by atoms with Gasteiger partial charge in [0.2, 0.25) is 0 Å². The van der Waals surface area contributed by atoms with Gasteiger partial charge < -0.3 is 9.32 Å². The maximum atomic E-state index is 12.4. The van der Waals surface area contributed by atoms with Crippen molar-refractivity contribution in [2.75, 3.05) is 17.2 Å². The maximum absolute atomic E-state index is 12.4. The number of hydrogen-bond acceptors (Lipinski definition) is 3. The standard InChI is InChI=1S/C14H13NO2S/c16-14(12-6-3-9-17-12)15-8-4-10-18-13-7-2-1-5-11(13)15/h1-3,5-7,9H,4,8,10H2. The molecule has 0 saturated heterocycles. The molecule has 0 N–H and O–H groups in total. The van der Waals surface area contributed by atoms with Crippen LogP contribution in [0.5, 0.6) is 0 Å². The van der Waals surface area contributed by atoms with Crippen LogP contribution in [0.15, 0.2) is 52.0 Å². The van der Waals surface area contributed by atoms with Gasteiger partial charge in [-0.15, -0.1) is 11.8 Å². The molecule has 0 spiro atoms. The Bertz CT molecular complexity index is 551. The molecule has 1 amide bonds. The minimum atomic E-state index is -0.0602. The summed E-state index contributed by atoms with van der Waals surface area (Å²) >= 11 is 1.80. The summed E-state index contributed by atoms with van der Waals surface area (Å²) in [5.74, 6) is 1.38. The lowest BCUT2D eigenvalue weighted by Gasteiger charge is -2.21. The Morgan fingerprint density at radius 1 is 1.22 bits per heavy atom. The average Bonchev–Trinajstić information content (AvgIpc) is 2.85. The lowest BCUT2D eigenvalue weighted by atomic mass is 10.2. The number of hydrogen-bond donors (Lipinski definition) is 0. The number of thioether (sulfide) groups is 1. The largest absolute Gasteiger partial charge is 0.459 e. The van der Waals surface area contributed by atoms with Crippen molar-refractivity contribution in [1.29, 1.82) is 0 Å². The predicted molar refractivity (Wildman–Crippen MR) is 72.2 cm³/mol. The van der Waals surface area contributed by atoms with Crippen LogP contribution < -0.4 is 4.90 Å². The zero-order valence-electron chi connectivity index (χ0n) is 9.83. The third-order valence-electron chi connectivity index (χ3n) is 2.92. The molecule has 1 aromatic carbocycles. The second kappa shape index (κ2) is 4.90. The van der Waals surface area contributed by atoms with Crippen LogP contribution in [0.3, 0.4) is 0 Å². The van der Waals surface area contributed by atoms with Crippen LogP contribution in [-0.2, 0) is 0 Å². The quantitative estimate of drug-likeness (QED) is 0.786. The second-order valence-electron chi connectivity index (χ2n) is 4.10. The molecule has 4 heteroatoms. The molecule has 0 atom stereocenters. The van der Waals surface area contributed by atoms with Crippen molar-refractivity contribution in [2.45, 2.75) is 11.3 Å². The molecule has 0 fully saturated rings. The van der Waals surface area contributed by atoms with Crippen LogP contribution in [0.25, 0.3) is 0 Å². The van der Waals surface area contributed by atoms with Gasteiger partial charge in [-0.3, -0.25) is 4.79 Å². The van der Waals surface area contributed by atoms with E-state index in [4.69, 9.17) is 4.42 Å². The molecule has 0 bridgehead atoms. The van der Waals surface area contributed by atoms with Gasteiger partial charge in [0.1, 0.15) is 0 Å². The van der Waals surface area contributed by atoms with Crippen molar-refractivity contribution >= 4 is 23.4 Å². The summed E-state index contributed by atoms with van der Waals surface area (Å²) < 4.78 is 5.21. The number of carbonyl (C=O) groups excluding carboxylic acids is 1. The predicted octanol–water partition coefficient (Wildman–Crippen LogP) is 3.42. The molecular formula is C14H13NO2S. The highest BCUT2D eigenvalue weighted by Crippen LogP contribution is 2.34. The minimum absolute atomic E-state index is 0.0602. The third-order valence-corrected chi connectivity index (χ3v) is 4.07. The smallest absolute Gasteiger partial charge is 0.293 e. The first-order chi connectivity index (χ1) is 8.86. The van der Waals surface area contributed by atoms with Gasteiger partial charge in [0.25, 0.3) is 5.91 Å². The molecule has 0 saturated carbocycles. The number of amides is 1. The maximum Gasteiger partial charge on any atom is 0.293 e. The van der Waals surface area contributed by atoms with Gasteiger partial charge in [0.05, 0.1) is 12.0 Å². The van der Waals surface area contributed by atoms with Crippen LogP contribution in [0, 0.1) is 0 Å². The molecule has 0 radical (unpaired) electrons. The topological polar surface area (TPSA) is 33.5 Å². The summed E-state index contributed by atoms with van der Waals surface area (Å²) in [6.07, 6.45) is 2.53. The summed E-state index contributed by atoms with van der Waals surface area (Å²) in [5.41, 5.74) is 0.987. The van der Waals surface area contributed by atoms with Crippen molar-refractivity contribution in [3.05, 3.63) is 48.4 Å². The fourth-order valence-corrected chi connectivity index (χ4v) is 3.07. The molecular weight excluding hydrogens is 246 g/mol. The number of rotatable bonds is 1. The number of nitrogens with zero attached hydrogens (tertiary/aromatic N) is 1. The molecule has 3 rings (SSSR count). The molecule has 0 aliphatic carbocycles. The average molecular weight is 259 g/mol. The zero-order chi connectivity index (χ0) is 12.4. The lowest BCUT2D eigenvalue weighted by molar-refractivity contribution is 0.0960. The highest BCUT2D eigenvalue weighted by molar-refractivity contribution is 7.99. The minimum Gasteiger partial charge on any atom is -0.459 e. The Labute approximate surface area is 110 Å². The van der Waals surface area contributed by atoms with Crippen LogP contribution >= 0.6 is 11.8 Å². The van der Waals surface area contributed by atoms with Gasteiger partial charge in [-0.05, 0) is 36.4 Å². The van der Waals surface area contributed by atoms with Gasteiger partial charge >= 0.3 is 0 Å². The van der Waals surface area contributed by atoms with Crippen molar-refractivity contribution < 1.29 is 9.21 Å². The van der Waals surface area contributed by atoms with E-state index in [1.807, 2.05) is 23.1 Å². The number of benzene rings is 1. The second-order valence-corrected chi connectivity index (χ2v) is 5.24. The van der Waals surface area contributed by atoms with Gasteiger partial charge in [0.15, 0.2) is 5.76 Å². The molecule has 18 heavy (non-hydrogen) atoms. The van der Waals surface area contributed by atoms with Gasteiger partial charge in [0, 0.05) is 11.4 Å². The lowest BCUT2D eigenvalue weighted by Crippen LogP contribution is -2.31. The normalized spacial score (nSPS) is 15.0. The van der Waals surface area contributed by atoms with Crippen LogP contribution in [0.4, 0.5) is 5.69 Å². The number of furan rings is 1. The molecule has 1 aliphatic heterocycles. The molecule has 2 heterocycles. The molecule has 92 valence electrons. The highest BCUT2D eigenvalue weighted by Gasteiger charge is 2.23. The first-order valence-corrected chi connectivity index (χ1v) is 6.92. The first-order valence-electron chi connectivity index (χ1n) is 5.93. The van der Waals surface area contributed by atoms with E-state index in [1.165, 1.54) is 6.26 Å². The van der Waals surface area contributed by atoms with Crippen molar-refractivity contribution in [3.8, 4) is 0 Å². The molecule has 1 aromatic heterocycles. The van der Waals surface area contributed by atoms with Crippen molar-refractivity contribution in [2.24, 2.45) is 0 Å². The molecule has 3 nitrogen and oxygen atoms in total. The number of anilines is 1. The Morgan fingerprint density at radius 3 is 2.94 bits per heavy atom. The highest BCUT2D eigenvalue weighted by atomic mass is 32.2. The van der Waals surface area contributed by atoms with Gasteiger partial charge in [-0.2, -0.15) is 0 Å². The molecule has 2 aromatic rings. The third kappa shape index (κ3) is 2.04. The number of carbonyl (C=O) groups is 1. The van der Waals surface area contributed by atoms with E-state index < -0.39 is 0 Å². The SMILES string of the molecule is O=C(c1ccco1)N1CCCSc2ccccc21. The number of fused-ring (bicyclic) bond motifs is 1. The number of para-hydroxylation sites is 1. The molecule has 1 aliphatic rings. The Kier molecular flexibility index (Phi) is 3.11. The monoisotopic (exact) mass is 259 g/mol. The van der Waals surface area contributed by atoms with E-state index in [0.29, 0.717) is 5.76 Å². The van der Waals surface area contributed by atoms with Crippen LogP contribution in [0.2, 0.25) is 0 Å². The van der Waals surface area contributed by atoms with Crippen LogP contribution in [0.1, 0.15) is 17.0 Å². The van der Waals surface area contributed by atoms with E-state index in [-0.39, 0.29) is 5.91 Å². The summed E-state index contributed by atoms with van der Waals surface area (Å²) in [4.78, 5) is 15.4. The Hall–Kier alpha value is -1.68.